The van der Waals surface area contributed by atoms with Crippen LogP contribution in [-0.2, 0) is 12.7 Å². The van der Waals surface area contributed by atoms with Gasteiger partial charge in [-0.25, -0.2) is 4.68 Å². The van der Waals surface area contributed by atoms with Gasteiger partial charge in [0.25, 0.3) is 5.56 Å². The molecule has 0 spiro atoms. The van der Waals surface area contributed by atoms with Gasteiger partial charge in [-0.1, -0.05) is 12.1 Å². The zero-order valence-electron chi connectivity index (χ0n) is 14.7. The van der Waals surface area contributed by atoms with Gasteiger partial charge in [0, 0.05) is 6.54 Å². The molecule has 1 atom stereocenters. The van der Waals surface area contributed by atoms with Gasteiger partial charge in [-0.15, -0.1) is 0 Å². The van der Waals surface area contributed by atoms with Crippen molar-refractivity contribution < 1.29 is 23.0 Å². The van der Waals surface area contributed by atoms with Gasteiger partial charge in [0.2, 0.25) is 0 Å². The fourth-order valence-electron chi connectivity index (χ4n) is 3.32. The Kier molecular flexibility index (Phi) is 5.41. The first-order chi connectivity index (χ1) is 12.8. The van der Waals surface area contributed by atoms with Crippen LogP contribution < -0.4 is 15.2 Å². The van der Waals surface area contributed by atoms with Gasteiger partial charge >= 0.3 is 6.18 Å². The number of aliphatic hydroxyl groups is 1. The molecule has 146 valence electrons. The van der Waals surface area contributed by atoms with Crippen molar-refractivity contribution in [3.63, 3.8) is 0 Å². The number of methoxy groups -OCH3 is 1. The average Bonchev–Trinajstić information content (AvgIpc) is 3.11. The van der Waals surface area contributed by atoms with Crippen LogP contribution in [0.3, 0.4) is 0 Å². The molecule has 0 bridgehead atoms. The number of nitrogens with zero attached hydrogens (tertiary/aromatic N) is 3. The summed E-state index contributed by atoms with van der Waals surface area (Å²) in [6.07, 6.45) is -2.53. The topological polar surface area (TPSA) is 67.6 Å². The van der Waals surface area contributed by atoms with Crippen molar-refractivity contribution in [2.24, 2.45) is 0 Å². The zero-order valence-corrected chi connectivity index (χ0v) is 14.7. The fourth-order valence-corrected chi connectivity index (χ4v) is 3.32. The summed E-state index contributed by atoms with van der Waals surface area (Å²) in [7, 11) is 1.51. The predicted molar refractivity (Wildman–Crippen MR) is 93.0 cm³/mol. The Morgan fingerprint density at radius 1 is 1.30 bits per heavy atom. The first-order valence-corrected chi connectivity index (χ1v) is 8.53. The van der Waals surface area contributed by atoms with Crippen molar-refractivity contribution >= 4 is 5.69 Å². The van der Waals surface area contributed by atoms with Crippen LogP contribution in [0.5, 0.6) is 5.75 Å². The lowest BCUT2D eigenvalue weighted by Gasteiger charge is -2.27. The Morgan fingerprint density at radius 3 is 2.59 bits per heavy atom. The van der Waals surface area contributed by atoms with Crippen molar-refractivity contribution in [2.45, 2.75) is 31.6 Å². The van der Waals surface area contributed by atoms with Gasteiger partial charge in [0.05, 0.1) is 38.2 Å². The molecule has 27 heavy (non-hydrogen) atoms. The third kappa shape index (κ3) is 3.92. The highest BCUT2D eigenvalue weighted by Crippen LogP contribution is 2.36. The molecule has 1 aromatic carbocycles. The predicted octanol–water partition coefficient (Wildman–Crippen LogP) is 2.28. The molecule has 2 heterocycles. The van der Waals surface area contributed by atoms with Gasteiger partial charge in [0.15, 0.2) is 0 Å². The lowest BCUT2D eigenvalue weighted by molar-refractivity contribution is -0.138. The number of hydrogen-bond donors (Lipinski definition) is 1. The van der Waals surface area contributed by atoms with E-state index in [4.69, 9.17) is 4.74 Å². The number of halogens is 3. The van der Waals surface area contributed by atoms with Gasteiger partial charge in [0.1, 0.15) is 11.3 Å². The van der Waals surface area contributed by atoms with Crippen molar-refractivity contribution in [2.75, 3.05) is 25.2 Å². The van der Waals surface area contributed by atoms with E-state index in [1.54, 1.807) is 24.3 Å². The third-order valence-electron chi connectivity index (χ3n) is 4.70. The van der Waals surface area contributed by atoms with Gasteiger partial charge in [-0.05, 0) is 30.5 Å². The number of hydrogen-bond acceptors (Lipinski definition) is 5. The molecule has 0 radical (unpaired) electrons. The summed E-state index contributed by atoms with van der Waals surface area (Å²) in [5.41, 5.74) is -2.08. The van der Waals surface area contributed by atoms with Crippen LogP contribution in [0.25, 0.3) is 0 Å². The molecule has 0 amide bonds. The summed E-state index contributed by atoms with van der Waals surface area (Å²) in [6, 6.07) is 6.21. The molecular weight excluding hydrogens is 363 g/mol. The second-order valence-corrected chi connectivity index (χ2v) is 6.39. The maximum absolute atomic E-state index is 13.7. The highest BCUT2D eigenvalue weighted by atomic mass is 19.4. The molecule has 1 aliphatic rings. The minimum atomic E-state index is -4.82. The van der Waals surface area contributed by atoms with Crippen LogP contribution >= 0.6 is 0 Å². The van der Waals surface area contributed by atoms with Gasteiger partial charge in [-0.2, -0.15) is 18.3 Å². The molecule has 0 saturated carbocycles. The maximum Gasteiger partial charge on any atom is 0.423 e. The first-order valence-electron chi connectivity index (χ1n) is 8.53. The molecule has 1 fully saturated rings. The third-order valence-corrected chi connectivity index (χ3v) is 4.70. The number of rotatable bonds is 5. The Balaban J connectivity index is 2.01. The minimum Gasteiger partial charge on any atom is -0.497 e. The van der Waals surface area contributed by atoms with Gasteiger partial charge in [-0.3, -0.25) is 4.79 Å². The van der Waals surface area contributed by atoms with E-state index in [2.05, 4.69) is 5.10 Å². The lowest BCUT2D eigenvalue weighted by Crippen LogP contribution is -2.38. The van der Waals surface area contributed by atoms with Crippen molar-refractivity contribution in [3.8, 4) is 5.75 Å². The van der Waals surface area contributed by atoms with Gasteiger partial charge < -0.3 is 14.7 Å². The summed E-state index contributed by atoms with van der Waals surface area (Å²) in [5.74, 6) is 0.606. The average molecular weight is 383 g/mol. The molecule has 6 nitrogen and oxygen atoms in total. The molecule has 0 unspecified atom stereocenters. The number of ether oxygens (including phenoxy) is 1. The zero-order chi connectivity index (χ0) is 19.6. The molecule has 3 rings (SSSR count). The van der Waals surface area contributed by atoms with E-state index in [-0.39, 0.29) is 18.8 Å². The molecule has 1 aliphatic heterocycles. The van der Waals surface area contributed by atoms with E-state index in [1.165, 1.54) is 12.0 Å². The Morgan fingerprint density at radius 2 is 2.00 bits per heavy atom. The Bertz CT molecular complexity index is 850. The van der Waals surface area contributed by atoms with Crippen LogP contribution in [0.15, 0.2) is 35.3 Å². The fraction of sp³-hybridized carbons (Fsp3) is 0.444. The second kappa shape index (κ2) is 7.59. The number of aromatic nitrogens is 2. The maximum atomic E-state index is 13.7. The standard InChI is InChI=1S/C18H20F3N3O3/c1-27-14-6-4-12(5-7-14)10-24-17(26)16(18(19,20)21)15(9-22-24)23-8-2-3-13(23)11-25/h4-7,9,13,25H,2-3,8,10-11H2,1H3/t13-/m1/s1. The van der Waals surface area contributed by atoms with Crippen LogP contribution in [0.4, 0.5) is 18.9 Å². The summed E-state index contributed by atoms with van der Waals surface area (Å²) in [4.78, 5) is 14.0. The quantitative estimate of drug-likeness (QED) is 0.858. The van der Waals surface area contributed by atoms with E-state index in [1.807, 2.05) is 0 Å². The largest absolute Gasteiger partial charge is 0.497 e. The smallest absolute Gasteiger partial charge is 0.423 e. The SMILES string of the molecule is COc1ccc(Cn2ncc(N3CCC[C@@H]3CO)c(C(F)(F)F)c2=O)cc1. The van der Waals surface area contributed by atoms with Crippen LogP contribution in [0.1, 0.15) is 24.0 Å². The molecule has 1 saturated heterocycles. The minimum absolute atomic E-state index is 0.0877. The lowest BCUT2D eigenvalue weighted by atomic mass is 10.1. The molecule has 1 N–H and O–H groups in total. The summed E-state index contributed by atoms with van der Waals surface area (Å²) in [6.45, 7) is -0.0141. The summed E-state index contributed by atoms with van der Waals surface area (Å²) >= 11 is 0. The van der Waals surface area contributed by atoms with E-state index >= 15 is 0 Å². The van der Waals surface area contributed by atoms with Crippen LogP contribution in [-0.4, -0.2) is 41.2 Å². The van der Waals surface area contributed by atoms with Crippen LogP contribution in [0.2, 0.25) is 0 Å². The van der Waals surface area contributed by atoms with E-state index in [9.17, 15) is 23.1 Å². The molecule has 0 aliphatic carbocycles. The van der Waals surface area contributed by atoms with Crippen LogP contribution in [0, 0.1) is 0 Å². The second-order valence-electron chi connectivity index (χ2n) is 6.39. The van der Waals surface area contributed by atoms with Crippen molar-refractivity contribution in [3.05, 3.63) is 51.9 Å². The number of anilines is 1. The highest BCUT2D eigenvalue weighted by Gasteiger charge is 2.41. The Hall–Kier alpha value is -2.55. The van der Waals surface area contributed by atoms with E-state index in [0.29, 0.717) is 30.7 Å². The highest BCUT2D eigenvalue weighted by molar-refractivity contribution is 5.54. The van der Waals surface area contributed by atoms with Crippen molar-refractivity contribution in [1.29, 1.82) is 0 Å². The van der Waals surface area contributed by atoms with Crippen molar-refractivity contribution in [1.82, 2.24) is 9.78 Å². The summed E-state index contributed by atoms with van der Waals surface area (Å²) in [5, 5.41) is 13.4. The normalized spacial score (nSPS) is 17.4. The molecule has 1 aromatic heterocycles. The van der Waals surface area contributed by atoms with E-state index < -0.39 is 23.3 Å². The monoisotopic (exact) mass is 383 g/mol. The number of aliphatic hydroxyl groups excluding tert-OH is 1. The molecule has 9 heteroatoms. The molecular formula is C18H20F3N3O3. The summed E-state index contributed by atoms with van der Waals surface area (Å²) < 4.78 is 46.8. The van der Waals surface area contributed by atoms with E-state index in [0.717, 1.165) is 10.9 Å². The Labute approximate surface area is 153 Å². The first kappa shape index (κ1) is 19.2. The number of benzene rings is 1. The molecule has 2 aromatic rings. The number of alkyl halides is 3.